The molecule has 0 aliphatic rings. The number of nitrogens with one attached hydrogen (secondary N) is 1. The van der Waals surface area contributed by atoms with E-state index in [9.17, 15) is 36.2 Å². The van der Waals surface area contributed by atoms with Gasteiger partial charge >= 0.3 is 0 Å². The first-order valence-electron chi connectivity index (χ1n) is 9.88. The summed E-state index contributed by atoms with van der Waals surface area (Å²) in [7, 11) is 0. The van der Waals surface area contributed by atoms with Gasteiger partial charge in [-0.1, -0.05) is 0 Å². The van der Waals surface area contributed by atoms with Gasteiger partial charge in [0.1, 0.15) is 17.3 Å². The molecule has 35 heavy (non-hydrogen) atoms. The fourth-order valence-electron chi connectivity index (χ4n) is 3.20. The summed E-state index contributed by atoms with van der Waals surface area (Å²) in [6, 6.07) is 10.9. The lowest BCUT2D eigenvalue weighted by molar-refractivity contribution is -0.115. The van der Waals surface area contributed by atoms with Crippen LogP contribution in [0.25, 0.3) is 22.5 Å². The first-order chi connectivity index (χ1) is 16.7. The number of aromatic nitrogens is 2. The third-order valence-corrected chi connectivity index (χ3v) is 4.95. The number of carbonyl (C=O) groups is 1. The number of nitrogens with zero attached hydrogens (tertiary/aromatic N) is 2. The Kier molecular flexibility index (Phi) is 6.41. The molecular formula is C24H13F6N3O2. The van der Waals surface area contributed by atoms with Crippen LogP contribution in [-0.4, -0.2) is 21.0 Å². The second-order valence-corrected chi connectivity index (χ2v) is 7.28. The zero-order chi connectivity index (χ0) is 25.3. The van der Waals surface area contributed by atoms with Crippen LogP contribution in [0.3, 0.4) is 0 Å². The molecule has 0 aliphatic carbocycles. The van der Waals surface area contributed by atoms with Gasteiger partial charge in [-0.25, -0.2) is 36.3 Å². The molecule has 5 nitrogen and oxygen atoms in total. The minimum Gasteiger partial charge on any atom is -0.508 e. The minimum atomic E-state index is -2.33. The Morgan fingerprint density at radius 3 is 1.91 bits per heavy atom. The van der Waals surface area contributed by atoms with Crippen molar-refractivity contribution in [1.29, 1.82) is 0 Å². The number of carbonyl (C=O) groups excluding carboxylic acids is 1. The highest BCUT2D eigenvalue weighted by Gasteiger charge is 2.27. The van der Waals surface area contributed by atoms with E-state index in [2.05, 4.69) is 15.3 Å². The van der Waals surface area contributed by atoms with Crippen molar-refractivity contribution in [2.24, 2.45) is 0 Å². The Hall–Kier alpha value is -4.41. The van der Waals surface area contributed by atoms with E-state index in [-0.39, 0.29) is 23.0 Å². The summed E-state index contributed by atoms with van der Waals surface area (Å²) >= 11 is 0. The smallest absolute Gasteiger partial charge is 0.230 e. The average Bonchev–Trinajstić information content (AvgIpc) is 2.85. The molecule has 178 valence electrons. The summed E-state index contributed by atoms with van der Waals surface area (Å²) in [5.74, 6) is -12.7. The van der Waals surface area contributed by atoms with Gasteiger partial charge < -0.3 is 10.4 Å². The van der Waals surface area contributed by atoms with Crippen LogP contribution < -0.4 is 5.32 Å². The predicted octanol–water partition coefficient (Wildman–Crippen LogP) is 5.53. The van der Waals surface area contributed by atoms with Crippen molar-refractivity contribution in [2.75, 3.05) is 5.32 Å². The number of rotatable bonds is 5. The molecule has 11 heteroatoms. The topological polar surface area (TPSA) is 75.1 Å². The van der Waals surface area contributed by atoms with Crippen LogP contribution in [0.4, 0.5) is 32.2 Å². The SMILES string of the molecule is O=C(Cc1c(F)c(F)c(F)c(F)c1F)Nc1ncc(-c2ccc(F)cc2)nc1-c1ccc(O)cc1. The lowest BCUT2D eigenvalue weighted by atomic mass is 10.1. The van der Waals surface area contributed by atoms with Gasteiger partial charge in [-0.05, 0) is 48.5 Å². The van der Waals surface area contributed by atoms with Gasteiger partial charge in [0.15, 0.2) is 29.1 Å². The predicted molar refractivity (Wildman–Crippen MR) is 113 cm³/mol. The van der Waals surface area contributed by atoms with E-state index in [0.717, 1.165) is 0 Å². The third kappa shape index (κ3) is 4.79. The monoisotopic (exact) mass is 489 g/mol. The summed E-state index contributed by atoms with van der Waals surface area (Å²) in [4.78, 5) is 21.0. The van der Waals surface area contributed by atoms with Gasteiger partial charge in [-0.3, -0.25) is 4.79 Å². The lowest BCUT2D eigenvalue weighted by Crippen LogP contribution is -2.19. The molecule has 0 saturated carbocycles. The third-order valence-electron chi connectivity index (χ3n) is 4.95. The van der Waals surface area contributed by atoms with Gasteiger partial charge in [0.25, 0.3) is 0 Å². The van der Waals surface area contributed by atoms with E-state index < -0.39 is 52.8 Å². The molecule has 1 amide bonds. The molecule has 1 heterocycles. The number of phenolic OH excluding ortho intramolecular Hbond substituents is 1. The Bertz CT molecular complexity index is 1400. The van der Waals surface area contributed by atoms with E-state index in [4.69, 9.17) is 0 Å². The maximum atomic E-state index is 14.0. The molecule has 0 saturated heterocycles. The fourth-order valence-corrected chi connectivity index (χ4v) is 3.20. The first-order valence-corrected chi connectivity index (χ1v) is 9.88. The van der Waals surface area contributed by atoms with Crippen molar-refractivity contribution in [2.45, 2.75) is 6.42 Å². The number of halogens is 6. The summed E-state index contributed by atoms with van der Waals surface area (Å²) < 4.78 is 81.4. The number of hydrogen-bond acceptors (Lipinski definition) is 4. The van der Waals surface area contributed by atoms with Crippen molar-refractivity contribution < 1.29 is 36.2 Å². The van der Waals surface area contributed by atoms with Gasteiger partial charge in [0, 0.05) is 16.7 Å². The average molecular weight is 489 g/mol. The molecule has 0 radical (unpaired) electrons. The van der Waals surface area contributed by atoms with Crippen molar-refractivity contribution in [3.05, 3.63) is 95.2 Å². The molecule has 0 bridgehead atoms. The number of aromatic hydroxyl groups is 1. The normalized spacial score (nSPS) is 10.9. The summed E-state index contributed by atoms with van der Waals surface area (Å²) in [5, 5.41) is 11.8. The molecule has 3 aromatic carbocycles. The van der Waals surface area contributed by atoms with E-state index >= 15 is 0 Å². The van der Waals surface area contributed by atoms with Crippen molar-refractivity contribution in [3.8, 4) is 28.3 Å². The summed E-state index contributed by atoms with van der Waals surface area (Å²) in [5.41, 5.74) is -0.103. The fraction of sp³-hybridized carbons (Fsp3) is 0.0417. The van der Waals surface area contributed by atoms with E-state index in [0.29, 0.717) is 11.1 Å². The van der Waals surface area contributed by atoms with E-state index in [1.165, 1.54) is 54.7 Å². The number of amides is 1. The highest BCUT2D eigenvalue weighted by molar-refractivity contribution is 5.94. The summed E-state index contributed by atoms with van der Waals surface area (Å²) in [6.07, 6.45) is 0.0629. The molecule has 2 N–H and O–H groups in total. The molecule has 0 unspecified atom stereocenters. The Balaban J connectivity index is 1.71. The maximum Gasteiger partial charge on any atom is 0.230 e. The van der Waals surface area contributed by atoms with Crippen molar-refractivity contribution in [1.82, 2.24) is 9.97 Å². The van der Waals surface area contributed by atoms with Gasteiger partial charge in [-0.2, -0.15) is 0 Å². The van der Waals surface area contributed by atoms with Crippen LogP contribution in [0.1, 0.15) is 5.56 Å². The molecule has 1 aromatic heterocycles. The zero-order valence-corrected chi connectivity index (χ0v) is 17.4. The van der Waals surface area contributed by atoms with Crippen LogP contribution in [0.15, 0.2) is 54.7 Å². The Morgan fingerprint density at radius 2 is 1.31 bits per heavy atom. The van der Waals surface area contributed by atoms with Crippen LogP contribution in [0.5, 0.6) is 5.75 Å². The Morgan fingerprint density at radius 1 is 0.771 bits per heavy atom. The molecule has 4 aromatic rings. The number of anilines is 1. The molecule has 0 atom stereocenters. The van der Waals surface area contributed by atoms with Crippen LogP contribution >= 0.6 is 0 Å². The summed E-state index contributed by atoms with van der Waals surface area (Å²) in [6.45, 7) is 0. The maximum absolute atomic E-state index is 14.0. The molecule has 4 rings (SSSR count). The zero-order valence-electron chi connectivity index (χ0n) is 17.4. The molecule has 0 spiro atoms. The largest absolute Gasteiger partial charge is 0.508 e. The molecule has 0 fully saturated rings. The molecule has 0 aliphatic heterocycles. The minimum absolute atomic E-state index is 0.0618. The van der Waals surface area contributed by atoms with Crippen LogP contribution in [0, 0.1) is 34.9 Å². The second kappa shape index (κ2) is 9.45. The van der Waals surface area contributed by atoms with Gasteiger partial charge in [0.2, 0.25) is 11.7 Å². The number of phenols is 1. The van der Waals surface area contributed by atoms with Crippen LogP contribution in [-0.2, 0) is 11.2 Å². The quantitative estimate of drug-likeness (QED) is 0.220. The highest BCUT2D eigenvalue weighted by Crippen LogP contribution is 2.30. The first kappa shape index (κ1) is 23.7. The molecular weight excluding hydrogens is 476 g/mol. The van der Waals surface area contributed by atoms with Crippen molar-refractivity contribution >= 4 is 11.7 Å². The number of benzene rings is 3. The second-order valence-electron chi connectivity index (χ2n) is 7.28. The lowest BCUT2D eigenvalue weighted by Gasteiger charge is -2.13. The van der Waals surface area contributed by atoms with E-state index in [1.54, 1.807) is 0 Å². The van der Waals surface area contributed by atoms with Gasteiger partial charge in [-0.15, -0.1) is 0 Å². The standard InChI is InChI=1S/C24H13F6N3O2/c25-13-5-1-11(2-6-13)16-10-31-24(23(32-16)12-3-7-14(34)8-4-12)33-17(35)9-15-18(26)20(28)22(30)21(29)19(15)27/h1-8,10,34H,9H2,(H,31,33,35). The Labute approximate surface area is 193 Å². The highest BCUT2D eigenvalue weighted by atomic mass is 19.2. The van der Waals surface area contributed by atoms with Crippen molar-refractivity contribution in [3.63, 3.8) is 0 Å². The van der Waals surface area contributed by atoms with Gasteiger partial charge in [0.05, 0.1) is 18.3 Å². The van der Waals surface area contributed by atoms with E-state index in [1.807, 2.05) is 0 Å². The van der Waals surface area contributed by atoms with Crippen LogP contribution in [0.2, 0.25) is 0 Å². The number of hydrogen-bond donors (Lipinski definition) is 2.